The van der Waals surface area contributed by atoms with Crippen LogP contribution in [0.2, 0.25) is 0 Å². The number of hydrogen-bond donors (Lipinski definition) is 4. The highest BCUT2D eigenvalue weighted by Gasteiger charge is 2.26. The van der Waals surface area contributed by atoms with Crippen LogP contribution in [0, 0.1) is 0 Å². The maximum atomic E-state index is 11.9. The zero-order chi connectivity index (χ0) is 22.4. The fourth-order valence-corrected chi connectivity index (χ4v) is 3.76. The first kappa shape index (κ1) is 22.4. The number of amides is 2. The van der Waals surface area contributed by atoms with E-state index < -0.39 is 0 Å². The zero-order valence-electron chi connectivity index (χ0n) is 18.4. The Balaban J connectivity index is 1.79. The van der Waals surface area contributed by atoms with Gasteiger partial charge in [0.2, 0.25) is 11.9 Å². The molecule has 2 aromatic rings. The molecule has 0 radical (unpaired) electrons. The maximum absolute atomic E-state index is 11.9. The number of anilines is 3. The van der Waals surface area contributed by atoms with Gasteiger partial charge < -0.3 is 26.0 Å². The van der Waals surface area contributed by atoms with E-state index in [2.05, 4.69) is 31.2 Å². The molecule has 0 unspecified atom stereocenters. The van der Waals surface area contributed by atoms with E-state index in [9.17, 15) is 9.59 Å². The summed E-state index contributed by atoms with van der Waals surface area (Å²) >= 11 is 0. The summed E-state index contributed by atoms with van der Waals surface area (Å²) in [5.74, 6) is 1.43. The minimum absolute atomic E-state index is 0.0206. The van der Waals surface area contributed by atoms with Crippen LogP contribution < -0.4 is 31.5 Å². The summed E-state index contributed by atoms with van der Waals surface area (Å²) in [5, 5.41) is 12.3. The van der Waals surface area contributed by atoms with E-state index in [4.69, 9.17) is 4.74 Å². The normalized spacial score (nSPS) is 18.0. The van der Waals surface area contributed by atoms with Gasteiger partial charge in [0.05, 0.1) is 12.8 Å². The van der Waals surface area contributed by atoms with Crippen molar-refractivity contribution in [2.45, 2.75) is 44.7 Å². The van der Waals surface area contributed by atoms with Gasteiger partial charge >= 0.3 is 0 Å². The first-order valence-corrected chi connectivity index (χ1v) is 10.5. The highest BCUT2D eigenvalue weighted by atomic mass is 16.5. The lowest BCUT2D eigenvalue weighted by atomic mass is 9.89. The number of methoxy groups -OCH3 is 1. The summed E-state index contributed by atoms with van der Waals surface area (Å²) in [6.45, 7) is 1.55. The second kappa shape index (κ2) is 10.1. The van der Waals surface area contributed by atoms with Gasteiger partial charge in [0.15, 0.2) is 0 Å². The molecule has 1 fully saturated rings. The fraction of sp³-hybridized carbons (Fsp3) is 0.429. The quantitative estimate of drug-likeness (QED) is 0.484. The molecule has 1 aliphatic carbocycles. The Morgan fingerprint density at radius 1 is 1.19 bits per heavy atom. The minimum atomic E-state index is -0.191. The van der Waals surface area contributed by atoms with Crippen molar-refractivity contribution in [2.24, 2.45) is 0 Å². The van der Waals surface area contributed by atoms with Crippen LogP contribution in [0.1, 0.15) is 43.0 Å². The van der Waals surface area contributed by atoms with E-state index in [0.29, 0.717) is 22.9 Å². The first-order chi connectivity index (χ1) is 14.9. The molecule has 31 heavy (non-hydrogen) atoms. The molecular weight excluding hydrogens is 395 g/mol. The second-order valence-electron chi connectivity index (χ2n) is 7.69. The molecule has 2 amide bonds. The number of hydrogen-bond acceptors (Lipinski definition) is 7. The van der Waals surface area contributed by atoms with Gasteiger partial charge in [-0.15, -0.1) is 0 Å². The largest absolute Gasteiger partial charge is 0.495 e. The second-order valence-corrected chi connectivity index (χ2v) is 7.69. The van der Waals surface area contributed by atoms with Crippen molar-refractivity contribution in [3.63, 3.8) is 0 Å². The number of nitrogens with one attached hydrogen (secondary N) is 4. The van der Waals surface area contributed by atoms with Crippen molar-refractivity contribution in [1.29, 1.82) is 0 Å². The third-order valence-electron chi connectivity index (χ3n) is 5.39. The maximum Gasteiger partial charge on any atom is 0.251 e. The first-order valence-electron chi connectivity index (χ1n) is 10.5. The van der Waals surface area contributed by atoms with Gasteiger partial charge in [-0.1, -0.05) is 12.8 Å². The number of carbonyl (C=O) groups is 2. The third-order valence-corrected chi connectivity index (χ3v) is 5.39. The van der Waals surface area contributed by atoms with E-state index in [1.807, 2.05) is 7.85 Å². The summed E-state index contributed by atoms with van der Waals surface area (Å²) in [5.41, 5.74) is 2.07. The van der Waals surface area contributed by atoms with Gasteiger partial charge in [0, 0.05) is 37.8 Å². The van der Waals surface area contributed by atoms with Crippen molar-refractivity contribution in [2.75, 3.05) is 24.8 Å². The van der Waals surface area contributed by atoms with E-state index >= 15 is 0 Å². The van der Waals surface area contributed by atoms with Gasteiger partial charge in [-0.3, -0.25) is 9.59 Å². The number of aromatic nitrogens is 2. The Labute approximate surface area is 183 Å². The molecule has 0 aliphatic heterocycles. The van der Waals surface area contributed by atoms with Gasteiger partial charge in [-0.2, -0.15) is 4.98 Å². The molecule has 3 rings (SSSR count). The Hall–Kier alpha value is -3.30. The van der Waals surface area contributed by atoms with Crippen LogP contribution in [0.15, 0.2) is 24.4 Å². The predicted molar refractivity (Wildman–Crippen MR) is 123 cm³/mol. The molecule has 0 spiro atoms. The molecule has 1 aliphatic rings. The Morgan fingerprint density at radius 3 is 2.61 bits per heavy atom. The van der Waals surface area contributed by atoms with Crippen molar-refractivity contribution >= 4 is 42.6 Å². The molecule has 1 saturated carbocycles. The average Bonchev–Trinajstić information content (AvgIpc) is 2.76. The number of rotatable bonds is 7. The van der Waals surface area contributed by atoms with E-state index in [1.54, 1.807) is 45.5 Å². The highest BCUT2D eigenvalue weighted by molar-refractivity contribution is 6.35. The molecule has 1 heterocycles. The Kier molecular flexibility index (Phi) is 7.33. The van der Waals surface area contributed by atoms with E-state index in [1.165, 1.54) is 0 Å². The smallest absolute Gasteiger partial charge is 0.251 e. The van der Waals surface area contributed by atoms with Gasteiger partial charge in [-0.25, -0.2) is 4.98 Å². The molecule has 1 aromatic carbocycles. The third kappa shape index (κ3) is 5.65. The summed E-state index contributed by atoms with van der Waals surface area (Å²) in [4.78, 5) is 32.5. The van der Waals surface area contributed by atoms with Crippen LogP contribution in [-0.4, -0.2) is 55.9 Å². The summed E-state index contributed by atoms with van der Waals surface area (Å²) in [7, 11) is 5.07. The predicted octanol–water partition coefficient (Wildman–Crippen LogP) is 0.706. The van der Waals surface area contributed by atoms with Gasteiger partial charge in [0.1, 0.15) is 19.4 Å². The Morgan fingerprint density at radius 2 is 1.94 bits per heavy atom. The van der Waals surface area contributed by atoms with Crippen LogP contribution >= 0.6 is 0 Å². The van der Waals surface area contributed by atoms with Crippen molar-refractivity contribution in [3.05, 3.63) is 30.0 Å². The van der Waals surface area contributed by atoms with Crippen molar-refractivity contribution < 1.29 is 14.3 Å². The Bertz CT molecular complexity index is 955. The van der Waals surface area contributed by atoms with Gasteiger partial charge in [-0.05, 0) is 36.5 Å². The average molecular weight is 424 g/mol. The lowest BCUT2D eigenvalue weighted by molar-refractivity contribution is -0.119. The molecule has 4 N–H and O–H groups in total. The van der Waals surface area contributed by atoms with Crippen LogP contribution in [-0.2, 0) is 4.79 Å². The van der Waals surface area contributed by atoms with Crippen LogP contribution in [0.5, 0.6) is 5.75 Å². The van der Waals surface area contributed by atoms with Crippen LogP contribution in [0.25, 0.3) is 0 Å². The van der Waals surface area contributed by atoms with E-state index in [0.717, 1.165) is 37.0 Å². The monoisotopic (exact) mass is 424 g/mol. The lowest BCUT2D eigenvalue weighted by Crippen LogP contribution is -2.48. The molecule has 2 atom stereocenters. The number of benzene rings is 1. The van der Waals surface area contributed by atoms with Crippen LogP contribution in [0.4, 0.5) is 17.5 Å². The van der Waals surface area contributed by atoms with Crippen molar-refractivity contribution in [1.82, 2.24) is 20.6 Å². The molecule has 164 valence electrons. The molecule has 0 bridgehead atoms. The highest BCUT2D eigenvalue weighted by Crippen LogP contribution is 2.28. The van der Waals surface area contributed by atoms with Crippen molar-refractivity contribution in [3.8, 4) is 5.75 Å². The minimum Gasteiger partial charge on any atom is -0.495 e. The van der Waals surface area contributed by atoms with Gasteiger partial charge in [0.25, 0.3) is 5.91 Å². The number of ether oxygens (including phenoxy) is 1. The number of carbonyl (C=O) groups excluding carboxylic acids is 2. The summed E-state index contributed by atoms with van der Waals surface area (Å²) < 4.78 is 5.43. The van der Waals surface area contributed by atoms with E-state index in [-0.39, 0.29) is 23.9 Å². The molecule has 10 heteroatoms. The molecule has 0 saturated heterocycles. The molecule has 1 aromatic heterocycles. The fourth-order valence-electron chi connectivity index (χ4n) is 3.76. The standard InChI is InChI=1S/C21H29BN6O3/c1-12(29)25-15-6-4-5-7-16(15)26-19-14(22)11-24-21(28-19)27-17-9-8-13(20(30)23-2)10-18(17)31-3/h8-11,15-16H,4-7,22H2,1-3H3,(H,23,30)(H,25,29)(H2,24,26,27,28)/t15-,16-/m1/s1. The van der Waals surface area contributed by atoms with Crippen LogP contribution in [0.3, 0.4) is 0 Å². The zero-order valence-corrected chi connectivity index (χ0v) is 18.4. The molecular formula is C21H29BN6O3. The topological polar surface area (TPSA) is 117 Å². The molecule has 9 nitrogen and oxygen atoms in total. The SMILES string of the molecule is Bc1cnc(Nc2ccc(C(=O)NC)cc2OC)nc1N[C@@H]1CCCC[C@H]1NC(C)=O. The summed E-state index contributed by atoms with van der Waals surface area (Å²) in [6, 6.07) is 5.31. The lowest BCUT2D eigenvalue weighted by Gasteiger charge is -2.33. The number of nitrogens with zero attached hydrogens (tertiary/aromatic N) is 2. The summed E-state index contributed by atoms with van der Waals surface area (Å²) in [6.07, 6.45) is 5.87.